The number of hydrogen-bond acceptors (Lipinski definition) is 4. The van der Waals surface area contributed by atoms with Crippen LogP contribution in [-0.4, -0.2) is 30.4 Å². The number of halogens is 1. The van der Waals surface area contributed by atoms with E-state index in [1.807, 2.05) is 13.0 Å². The summed E-state index contributed by atoms with van der Waals surface area (Å²) in [5, 5.41) is 0. The van der Waals surface area contributed by atoms with Gasteiger partial charge in [-0.25, -0.2) is 4.39 Å². The minimum absolute atomic E-state index is 0.146. The van der Waals surface area contributed by atoms with E-state index in [4.69, 9.17) is 18.9 Å². The summed E-state index contributed by atoms with van der Waals surface area (Å²) in [4.78, 5) is 0. The van der Waals surface area contributed by atoms with Gasteiger partial charge in [0.2, 0.25) is 0 Å². The van der Waals surface area contributed by atoms with Crippen molar-refractivity contribution in [2.45, 2.75) is 89.9 Å². The normalized spacial score (nSPS) is 34.4. The van der Waals surface area contributed by atoms with Crippen molar-refractivity contribution in [3.8, 4) is 0 Å². The molecule has 2 heterocycles. The Morgan fingerprint density at radius 2 is 1.92 bits per heavy atom. The fourth-order valence-corrected chi connectivity index (χ4v) is 3.71. The van der Waals surface area contributed by atoms with Crippen LogP contribution in [0.4, 0.5) is 4.39 Å². The first-order valence-corrected chi connectivity index (χ1v) is 9.44. The van der Waals surface area contributed by atoms with Crippen LogP contribution in [0, 0.1) is 5.82 Å². The zero-order valence-corrected chi connectivity index (χ0v) is 15.4. The molecule has 2 aliphatic rings. The molecule has 5 heteroatoms. The molecule has 0 amide bonds. The third-order valence-corrected chi connectivity index (χ3v) is 5.02. The Morgan fingerprint density at radius 3 is 2.64 bits per heavy atom. The molecule has 3 rings (SSSR count). The molecule has 1 aromatic carbocycles. The number of unbranched alkanes of at least 4 members (excludes halogenated alkanes) is 1. The second kappa shape index (κ2) is 8.12. The summed E-state index contributed by atoms with van der Waals surface area (Å²) in [7, 11) is 0. The maximum absolute atomic E-state index is 13.8. The Bertz CT molecular complexity index is 566. The summed E-state index contributed by atoms with van der Waals surface area (Å²) in [6.07, 6.45) is 3.78. The van der Waals surface area contributed by atoms with Crippen LogP contribution < -0.4 is 0 Å². The quantitative estimate of drug-likeness (QED) is 0.687. The Morgan fingerprint density at radius 1 is 1.12 bits per heavy atom. The lowest BCUT2D eigenvalue weighted by Gasteiger charge is -2.30. The number of hydrogen-bond donors (Lipinski definition) is 0. The van der Waals surface area contributed by atoms with Gasteiger partial charge in [0.15, 0.2) is 12.1 Å². The minimum atomic E-state index is -0.570. The zero-order chi connectivity index (χ0) is 17.9. The zero-order valence-electron chi connectivity index (χ0n) is 15.4. The molecule has 140 valence electrons. The van der Waals surface area contributed by atoms with Gasteiger partial charge in [0, 0.05) is 18.4 Å². The first kappa shape index (κ1) is 18.8. The molecule has 0 N–H and O–H groups in total. The van der Waals surface area contributed by atoms with Crippen molar-refractivity contribution in [2.24, 2.45) is 0 Å². The molecule has 0 aromatic heterocycles. The summed E-state index contributed by atoms with van der Waals surface area (Å²) in [6.45, 7) is 6.44. The molecule has 0 radical (unpaired) electrons. The molecule has 4 nitrogen and oxygen atoms in total. The monoisotopic (exact) mass is 352 g/mol. The largest absolute Gasteiger partial charge is 0.368 e. The van der Waals surface area contributed by atoms with Crippen LogP contribution in [0.25, 0.3) is 0 Å². The van der Waals surface area contributed by atoms with Crippen LogP contribution in [0.2, 0.25) is 0 Å². The van der Waals surface area contributed by atoms with Crippen molar-refractivity contribution in [2.75, 3.05) is 0 Å². The van der Waals surface area contributed by atoms with Gasteiger partial charge >= 0.3 is 0 Å². The van der Waals surface area contributed by atoms with Crippen molar-refractivity contribution in [1.82, 2.24) is 0 Å². The van der Waals surface area contributed by atoms with E-state index in [1.54, 1.807) is 12.1 Å². The lowest BCUT2D eigenvalue weighted by atomic mass is 10.0. The predicted octanol–water partition coefficient (Wildman–Crippen LogP) is 4.56. The number of fused-ring (bicyclic) bond motifs is 1. The van der Waals surface area contributed by atoms with E-state index < -0.39 is 12.1 Å². The smallest absolute Gasteiger partial charge is 0.190 e. The second-order valence-electron chi connectivity index (χ2n) is 7.04. The lowest BCUT2D eigenvalue weighted by Crippen LogP contribution is -2.38. The molecule has 2 aliphatic heterocycles. The molecular formula is C20H29FO4. The van der Waals surface area contributed by atoms with Crippen LogP contribution in [0.5, 0.6) is 0 Å². The van der Waals surface area contributed by atoms with Gasteiger partial charge < -0.3 is 18.9 Å². The SMILES string of the molecule is CCCCC1(CCC)O[C@H]2O[C@H](C)[C@H](OCc3ccccc3F)[C@H]2O1. The van der Waals surface area contributed by atoms with Gasteiger partial charge in [-0.2, -0.15) is 0 Å². The Balaban J connectivity index is 1.66. The molecule has 0 bridgehead atoms. The van der Waals surface area contributed by atoms with Gasteiger partial charge in [-0.05, 0) is 19.4 Å². The van der Waals surface area contributed by atoms with Crippen molar-refractivity contribution < 1.29 is 23.3 Å². The molecule has 2 saturated heterocycles. The summed E-state index contributed by atoms with van der Waals surface area (Å²) < 4.78 is 38.3. The van der Waals surface area contributed by atoms with Crippen LogP contribution >= 0.6 is 0 Å². The molecule has 0 spiro atoms. The van der Waals surface area contributed by atoms with E-state index in [9.17, 15) is 4.39 Å². The van der Waals surface area contributed by atoms with Gasteiger partial charge in [-0.15, -0.1) is 0 Å². The maximum Gasteiger partial charge on any atom is 0.190 e. The highest BCUT2D eigenvalue weighted by molar-refractivity contribution is 5.16. The third-order valence-electron chi connectivity index (χ3n) is 5.02. The summed E-state index contributed by atoms with van der Waals surface area (Å²) in [6, 6.07) is 6.67. The van der Waals surface area contributed by atoms with Crippen LogP contribution in [0.3, 0.4) is 0 Å². The molecule has 5 atom stereocenters. The van der Waals surface area contributed by atoms with E-state index in [-0.39, 0.29) is 30.7 Å². The average Bonchev–Trinajstić information content (AvgIpc) is 3.06. The lowest BCUT2D eigenvalue weighted by molar-refractivity contribution is -0.241. The number of rotatable bonds is 8. The van der Waals surface area contributed by atoms with Gasteiger partial charge in [0.1, 0.15) is 18.0 Å². The Hall–Kier alpha value is -1.01. The second-order valence-corrected chi connectivity index (χ2v) is 7.04. The van der Waals surface area contributed by atoms with Crippen molar-refractivity contribution >= 4 is 0 Å². The molecule has 1 unspecified atom stereocenters. The Kier molecular flexibility index (Phi) is 6.10. The van der Waals surface area contributed by atoms with Crippen molar-refractivity contribution in [1.29, 1.82) is 0 Å². The highest BCUT2D eigenvalue weighted by Gasteiger charge is 2.56. The van der Waals surface area contributed by atoms with E-state index in [0.29, 0.717) is 5.56 Å². The average molecular weight is 352 g/mol. The van der Waals surface area contributed by atoms with Crippen molar-refractivity contribution in [3.63, 3.8) is 0 Å². The highest BCUT2D eigenvalue weighted by atomic mass is 19.1. The van der Waals surface area contributed by atoms with Crippen LogP contribution in [0.15, 0.2) is 24.3 Å². The summed E-state index contributed by atoms with van der Waals surface area (Å²) in [5.41, 5.74) is 0.544. The van der Waals surface area contributed by atoms with E-state index in [1.165, 1.54) is 6.07 Å². The predicted molar refractivity (Wildman–Crippen MR) is 92.4 cm³/mol. The van der Waals surface area contributed by atoms with E-state index in [2.05, 4.69) is 13.8 Å². The molecule has 1 aromatic rings. The van der Waals surface area contributed by atoms with Gasteiger partial charge in [-0.3, -0.25) is 0 Å². The molecule has 0 aliphatic carbocycles. The standard InChI is InChI=1S/C20H29FO4/c1-4-6-12-20(11-5-2)24-18-17(14(3)23-19(18)25-20)22-13-15-9-7-8-10-16(15)21/h7-10,14,17-19H,4-6,11-13H2,1-3H3/t14-,17+,18-,19-,20?/m1/s1. The van der Waals surface area contributed by atoms with Gasteiger partial charge in [0.25, 0.3) is 0 Å². The molecule has 2 fully saturated rings. The van der Waals surface area contributed by atoms with Crippen LogP contribution in [-0.2, 0) is 25.6 Å². The first-order valence-electron chi connectivity index (χ1n) is 9.44. The third kappa shape index (κ3) is 4.05. The topological polar surface area (TPSA) is 36.9 Å². The molecular weight excluding hydrogens is 323 g/mol. The fraction of sp³-hybridized carbons (Fsp3) is 0.700. The first-order chi connectivity index (χ1) is 12.1. The summed E-state index contributed by atoms with van der Waals surface area (Å²) in [5.74, 6) is -0.822. The van der Waals surface area contributed by atoms with Gasteiger partial charge in [0.05, 0.1) is 12.7 Å². The molecule has 0 saturated carbocycles. The molecule has 25 heavy (non-hydrogen) atoms. The van der Waals surface area contributed by atoms with E-state index >= 15 is 0 Å². The maximum atomic E-state index is 13.8. The number of ether oxygens (including phenoxy) is 4. The Labute approximate surface area is 149 Å². The summed E-state index contributed by atoms with van der Waals surface area (Å²) >= 11 is 0. The van der Waals surface area contributed by atoms with E-state index in [0.717, 1.165) is 32.1 Å². The van der Waals surface area contributed by atoms with Gasteiger partial charge in [-0.1, -0.05) is 44.9 Å². The number of benzene rings is 1. The van der Waals surface area contributed by atoms with Crippen LogP contribution in [0.1, 0.15) is 58.4 Å². The fourth-order valence-electron chi connectivity index (χ4n) is 3.71. The minimum Gasteiger partial charge on any atom is -0.368 e. The van der Waals surface area contributed by atoms with Crippen molar-refractivity contribution in [3.05, 3.63) is 35.6 Å². The highest BCUT2D eigenvalue weighted by Crippen LogP contribution is 2.43.